The van der Waals surface area contributed by atoms with Crippen molar-refractivity contribution in [2.45, 2.75) is 13.8 Å². The molecule has 0 atom stereocenters. The normalized spacial score (nSPS) is 12.0. The zero-order valence-electron chi connectivity index (χ0n) is 12.0. The topological polar surface area (TPSA) is 108 Å². The van der Waals surface area contributed by atoms with E-state index in [1.54, 1.807) is 6.92 Å². The van der Waals surface area contributed by atoms with Crippen molar-refractivity contribution >= 4 is 35.5 Å². The van der Waals surface area contributed by atoms with Crippen LogP contribution in [0, 0.1) is 0 Å². The summed E-state index contributed by atoms with van der Waals surface area (Å²) in [7, 11) is 0. The van der Waals surface area contributed by atoms with Crippen molar-refractivity contribution < 1.29 is 24.5 Å². The first-order chi connectivity index (χ1) is 10.3. The number of imide groups is 1. The van der Waals surface area contributed by atoms with Crippen LogP contribution in [0.2, 0.25) is 5.02 Å². The van der Waals surface area contributed by atoms with Gasteiger partial charge in [-0.25, -0.2) is 4.79 Å². The molecule has 8 heteroatoms. The summed E-state index contributed by atoms with van der Waals surface area (Å²) >= 11 is 5.77. The quantitative estimate of drug-likeness (QED) is 0.448. The second-order valence-electron chi connectivity index (χ2n) is 4.06. The Kier molecular flexibility index (Phi) is 6.40. The molecule has 118 valence electrons. The number of aliphatic imine (C=N–C) groups is 1. The summed E-state index contributed by atoms with van der Waals surface area (Å²) < 4.78 is 4.56. The molecule has 0 heterocycles. The third-order valence-electron chi connectivity index (χ3n) is 2.40. The van der Waals surface area contributed by atoms with Gasteiger partial charge in [0.25, 0.3) is 5.91 Å². The van der Waals surface area contributed by atoms with Gasteiger partial charge in [0.15, 0.2) is 0 Å². The first-order valence-electron chi connectivity index (χ1n) is 6.25. The van der Waals surface area contributed by atoms with Gasteiger partial charge in [0, 0.05) is 11.2 Å². The molecule has 22 heavy (non-hydrogen) atoms. The van der Waals surface area contributed by atoms with Crippen LogP contribution in [0.4, 0.5) is 10.5 Å². The number of carbonyl (C=O) groups excluding carboxylic acids is 2. The Labute approximate surface area is 131 Å². The fourth-order valence-electron chi connectivity index (χ4n) is 1.38. The number of hydrogen-bond donors (Lipinski definition) is 3. The van der Waals surface area contributed by atoms with E-state index in [0.717, 1.165) is 6.21 Å². The number of phenolic OH excluding ortho intramolecular Hbond substituents is 1. The predicted octanol–water partition coefficient (Wildman–Crippen LogP) is 2.85. The molecule has 0 saturated carbocycles. The molecule has 1 aromatic carbocycles. The number of amides is 2. The highest BCUT2D eigenvalue weighted by atomic mass is 35.5. The van der Waals surface area contributed by atoms with Gasteiger partial charge in [0.2, 0.25) is 0 Å². The van der Waals surface area contributed by atoms with Crippen LogP contribution < -0.4 is 5.32 Å². The summed E-state index contributed by atoms with van der Waals surface area (Å²) in [6.07, 6.45) is 0.0696. The number of nitrogens with zero attached hydrogens (tertiary/aromatic N) is 1. The minimum absolute atomic E-state index is 0.0980. The van der Waals surface area contributed by atoms with E-state index in [1.807, 2.05) is 5.32 Å². The van der Waals surface area contributed by atoms with Crippen LogP contribution >= 0.6 is 11.6 Å². The van der Waals surface area contributed by atoms with Gasteiger partial charge in [-0.3, -0.25) is 15.1 Å². The summed E-state index contributed by atoms with van der Waals surface area (Å²) in [6.45, 7) is 2.94. The first kappa shape index (κ1) is 17.5. The molecular formula is C14H15ClN2O5. The maximum Gasteiger partial charge on any atom is 0.414 e. The van der Waals surface area contributed by atoms with Gasteiger partial charge in [-0.1, -0.05) is 11.6 Å². The number of carbonyl (C=O) groups is 2. The SMILES string of the molecule is CCOC(=O)NC(=O)/C(C=Nc1cc(Cl)ccc1O)=C(/C)O. The number of aliphatic hydroxyl groups is 1. The lowest BCUT2D eigenvalue weighted by molar-refractivity contribution is -0.116. The minimum Gasteiger partial charge on any atom is -0.512 e. The molecule has 1 aromatic rings. The number of allylic oxidation sites excluding steroid dienone is 1. The molecule has 0 spiro atoms. The predicted molar refractivity (Wildman–Crippen MR) is 81.8 cm³/mol. The number of ether oxygens (including phenoxy) is 1. The van der Waals surface area contributed by atoms with Gasteiger partial charge < -0.3 is 14.9 Å². The molecule has 0 aromatic heterocycles. The first-order valence-corrected chi connectivity index (χ1v) is 6.63. The van der Waals surface area contributed by atoms with Gasteiger partial charge >= 0.3 is 6.09 Å². The number of rotatable bonds is 4. The van der Waals surface area contributed by atoms with Gasteiger partial charge in [-0.05, 0) is 32.0 Å². The lowest BCUT2D eigenvalue weighted by atomic mass is 10.2. The summed E-state index contributed by atoms with van der Waals surface area (Å²) in [5, 5.41) is 21.4. The van der Waals surface area contributed by atoms with E-state index >= 15 is 0 Å². The molecule has 3 N–H and O–H groups in total. The molecule has 0 unspecified atom stereocenters. The molecule has 0 aliphatic heterocycles. The number of phenols is 1. The minimum atomic E-state index is -0.940. The highest BCUT2D eigenvalue weighted by Gasteiger charge is 2.15. The monoisotopic (exact) mass is 326 g/mol. The Balaban J connectivity index is 2.96. The zero-order valence-corrected chi connectivity index (χ0v) is 12.7. The van der Waals surface area contributed by atoms with E-state index in [1.165, 1.54) is 25.1 Å². The Morgan fingerprint density at radius 2 is 2.14 bits per heavy atom. The molecule has 0 aliphatic carbocycles. The summed E-state index contributed by atoms with van der Waals surface area (Å²) in [5.41, 5.74) is -0.150. The Bertz CT molecular complexity index is 636. The maximum absolute atomic E-state index is 11.8. The fraction of sp³-hybridized carbons (Fsp3) is 0.214. The Morgan fingerprint density at radius 1 is 1.45 bits per heavy atom. The van der Waals surface area contributed by atoms with Crippen LogP contribution in [0.25, 0.3) is 0 Å². The second kappa shape index (κ2) is 8.04. The Hall–Kier alpha value is -2.54. The molecular weight excluding hydrogens is 312 g/mol. The average Bonchev–Trinajstić information content (AvgIpc) is 2.42. The molecule has 2 amide bonds. The highest BCUT2D eigenvalue weighted by Crippen LogP contribution is 2.29. The number of aliphatic hydroxyl groups excluding tert-OH is 1. The number of halogens is 1. The molecule has 0 aliphatic rings. The van der Waals surface area contributed by atoms with E-state index < -0.39 is 12.0 Å². The molecule has 0 radical (unpaired) electrons. The molecule has 0 fully saturated rings. The molecule has 0 bridgehead atoms. The van der Waals surface area contributed by atoms with Crippen molar-refractivity contribution in [3.05, 3.63) is 34.6 Å². The van der Waals surface area contributed by atoms with E-state index in [-0.39, 0.29) is 29.4 Å². The largest absolute Gasteiger partial charge is 0.512 e. The van der Waals surface area contributed by atoms with Crippen LogP contribution in [0.1, 0.15) is 13.8 Å². The van der Waals surface area contributed by atoms with Gasteiger partial charge in [-0.15, -0.1) is 0 Å². The Morgan fingerprint density at radius 3 is 2.73 bits per heavy atom. The van der Waals surface area contributed by atoms with Crippen LogP contribution in [0.15, 0.2) is 34.5 Å². The van der Waals surface area contributed by atoms with Crippen LogP contribution in [-0.2, 0) is 9.53 Å². The lowest BCUT2D eigenvalue weighted by Crippen LogP contribution is -2.33. The lowest BCUT2D eigenvalue weighted by Gasteiger charge is -2.05. The van der Waals surface area contributed by atoms with Crippen molar-refractivity contribution in [2.75, 3.05) is 6.61 Å². The molecule has 0 saturated heterocycles. The zero-order chi connectivity index (χ0) is 16.7. The van der Waals surface area contributed by atoms with Crippen molar-refractivity contribution in [2.24, 2.45) is 4.99 Å². The van der Waals surface area contributed by atoms with Crippen LogP contribution in [0.5, 0.6) is 5.75 Å². The van der Waals surface area contributed by atoms with Gasteiger partial charge in [0.1, 0.15) is 17.2 Å². The fourth-order valence-corrected chi connectivity index (χ4v) is 1.54. The summed E-state index contributed by atoms with van der Waals surface area (Å²) in [5.74, 6) is -1.39. The van der Waals surface area contributed by atoms with Crippen molar-refractivity contribution in [3.8, 4) is 5.75 Å². The van der Waals surface area contributed by atoms with Crippen molar-refractivity contribution in [1.29, 1.82) is 0 Å². The van der Waals surface area contributed by atoms with E-state index in [9.17, 15) is 19.8 Å². The average molecular weight is 327 g/mol. The maximum atomic E-state index is 11.8. The number of alkyl carbamates (subject to hydrolysis) is 1. The van der Waals surface area contributed by atoms with Crippen LogP contribution in [0.3, 0.4) is 0 Å². The second-order valence-corrected chi connectivity index (χ2v) is 4.50. The third kappa shape index (κ3) is 5.10. The van der Waals surface area contributed by atoms with Crippen molar-refractivity contribution in [3.63, 3.8) is 0 Å². The van der Waals surface area contributed by atoms with Crippen LogP contribution in [-0.4, -0.2) is 35.0 Å². The van der Waals surface area contributed by atoms with Gasteiger partial charge in [0.05, 0.1) is 12.2 Å². The van der Waals surface area contributed by atoms with E-state index in [2.05, 4.69) is 9.73 Å². The van der Waals surface area contributed by atoms with E-state index in [4.69, 9.17) is 11.6 Å². The molecule has 1 rings (SSSR count). The standard InChI is InChI=1S/C14H15ClN2O5/c1-3-22-14(21)17-13(20)10(8(2)18)7-16-11-6-9(15)4-5-12(11)19/h4-7,18-19H,3H2,1-2H3,(H,17,20,21)/b10-8-,16-7?. The van der Waals surface area contributed by atoms with E-state index in [0.29, 0.717) is 5.02 Å². The van der Waals surface area contributed by atoms with Gasteiger partial charge in [-0.2, -0.15) is 0 Å². The number of hydrogen-bond acceptors (Lipinski definition) is 6. The smallest absolute Gasteiger partial charge is 0.414 e. The number of aromatic hydroxyl groups is 1. The number of nitrogens with one attached hydrogen (secondary N) is 1. The summed E-state index contributed by atoms with van der Waals surface area (Å²) in [6, 6.07) is 4.18. The summed E-state index contributed by atoms with van der Waals surface area (Å²) in [4.78, 5) is 26.9. The third-order valence-corrected chi connectivity index (χ3v) is 2.63. The number of benzene rings is 1. The van der Waals surface area contributed by atoms with Crippen molar-refractivity contribution in [1.82, 2.24) is 5.32 Å². The molecule has 7 nitrogen and oxygen atoms in total. The highest BCUT2D eigenvalue weighted by molar-refractivity contribution is 6.31.